The molecule has 0 fully saturated rings. The minimum atomic E-state index is -0.184. The largest absolute Gasteiger partial charge is 0.453 e. The zero-order valence-electron chi connectivity index (χ0n) is 12.8. The Morgan fingerprint density at radius 2 is 1.22 bits per heavy atom. The van der Waals surface area contributed by atoms with Crippen LogP contribution in [0.4, 0.5) is 22.7 Å². The third kappa shape index (κ3) is 4.37. The Morgan fingerprint density at radius 3 is 1.52 bits per heavy atom. The molecule has 2 aromatic carbocycles. The van der Waals surface area contributed by atoms with Crippen molar-refractivity contribution in [3.05, 3.63) is 36.4 Å². The summed E-state index contributed by atoms with van der Waals surface area (Å²) in [6.07, 6.45) is 0. The van der Waals surface area contributed by atoms with E-state index in [-0.39, 0.29) is 11.8 Å². The second kappa shape index (κ2) is 6.69. The number of anilines is 4. The molecule has 6 N–H and O–H groups in total. The van der Waals surface area contributed by atoms with Gasteiger partial charge in [-0.05, 0) is 36.4 Å². The van der Waals surface area contributed by atoms with Crippen LogP contribution >= 0.6 is 0 Å². The molecule has 0 heterocycles. The lowest BCUT2D eigenvalue weighted by atomic mass is 10.2. The van der Waals surface area contributed by atoms with Crippen LogP contribution in [0.25, 0.3) is 0 Å². The van der Waals surface area contributed by atoms with Crippen molar-refractivity contribution in [2.75, 3.05) is 22.1 Å². The quantitative estimate of drug-likeness (QED) is 0.646. The molecule has 0 bridgehead atoms. The fourth-order valence-electron chi connectivity index (χ4n) is 1.96. The highest BCUT2D eigenvalue weighted by atomic mass is 16.5. The van der Waals surface area contributed by atoms with Crippen molar-refractivity contribution < 1.29 is 14.3 Å². The van der Waals surface area contributed by atoms with Gasteiger partial charge in [-0.3, -0.25) is 9.59 Å². The highest BCUT2D eigenvalue weighted by molar-refractivity contribution is 5.90. The second-order valence-electron chi connectivity index (χ2n) is 4.97. The summed E-state index contributed by atoms with van der Waals surface area (Å²) in [7, 11) is 0. The predicted octanol–water partition coefficient (Wildman–Crippen LogP) is 2.56. The number of carbonyl (C=O) groups is 2. The predicted molar refractivity (Wildman–Crippen MR) is 90.4 cm³/mol. The zero-order valence-corrected chi connectivity index (χ0v) is 12.8. The van der Waals surface area contributed by atoms with E-state index >= 15 is 0 Å². The lowest BCUT2D eigenvalue weighted by molar-refractivity contribution is -0.115. The van der Waals surface area contributed by atoms with Gasteiger partial charge in [-0.1, -0.05) is 0 Å². The van der Waals surface area contributed by atoms with Gasteiger partial charge in [0.15, 0.2) is 11.5 Å². The van der Waals surface area contributed by atoms with E-state index in [4.69, 9.17) is 16.2 Å². The summed E-state index contributed by atoms with van der Waals surface area (Å²) in [6, 6.07) is 9.82. The average Bonchev–Trinajstić information content (AvgIpc) is 2.43. The summed E-state index contributed by atoms with van der Waals surface area (Å²) < 4.78 is 5.68. The van der Waals surface area contributed by atoms with E-state index in [0.717, 1.165) is 0 Å². The van der Waals surface area contributed by atoms with Crippen LogP contribution in [0.15, 0.2) is 36.4 Å². The molecule has 0 atom stereocenters. The minimum absolute atomic E-state index is 0.184. The minimum Gasteiger partial charge on any atom is -0.453 e. The number of nitrogens with one attached hydrogen (secondary N) is 2. The van der Waals surface area contributed by atoms with E-state index in [0.29, 0.717) is 34.2 Å². The molecular weight excluding hydrogens is 296 g/mol. The summed E-state index contributed by atoms with van der Waals surface area (Å²) in [4.78, 5) is 22.0. The van der Waals surface area contributed by atoms with Gasteiger partial charge in [0.05, 0.1) is 11.4 Å². The fraction of sp³-hybridized carbons (Fsp3) is 0.125. The second-order valence-corrected chi connectivity index (χ2v) is 4.97. The summed E-state index contributed by atoms with van der Waals surface area (Å²) in [5.41, 5.74) is 13.7. The monoisotopic (exact) mass is 314 g/mol. The first kappa shape index (κ1) is 16.2. The van der Waals surface area contributed by atoms with Gasteiger partial charge >= 0.3 is 0 Å². The van der Waals surface area contributed by atoms with E-state index in [9.17, 15) is 9.59 Å². The molecule has 7 nitrogen and oxygen atoms in total. The first-order chi connectivity index (χ1) is 10.8. The smallest absolute Gasteiger partial charge is 0.221 e. The maximum Gasteiger partial charge on any atom is 0.221 e. The molecular formula is C16H18N4O3. The first-order valence-electron chi connectivity index (χ1n) is 6.87. The van der Waals surface area contributed by atoms with Crippen molar-refractivity contribution >= 4 is 34.6 Å². The average molecular weight is 314 g/mol. The Balaban J connectivity index is 2.18. The van der Waals surface area contributed by atoms with E-state index in [1.165, 1.54) is 13.8 Å². The van der Waals surface area contributed by atoms with Crippen LogP contribution in [-0.2, 0) is 9.59 Å². The summed E-state index contributed by atoms with van der Waals surface area (Å²) >= 11 is 0. The molecule has 0 saturated carbocycles. The van der Waals surface area contributed by atoms with Gasteiger partial charge in [-0.25, -0.2) is 0 Å². The maximum absolute atomic E-state index is 11.0. The Labute approximate surface area is 133 Å². The molecule has 0 spiro atoms. The van der Waals surface area contributed by atoms with Crippen molar-refractivity contribution in [3.8, 4) is 11.5 Å². The summed E-state index contributed by atoms with van der Waals surface area (Å²) in [5, 5.41) is 5.27. The normalized spacial score (nSPS) is 10.0. The van der Waals surface area contributed by atoms with Crippen LogP contribution < -0.4 is 26.8 Å². The molecule has 2 aromatic rings. The van der Waals surface area contributed by atoms with Crippen molar-refractivity contribution in [2.24, 2.45) is 0 Å². The molecule has 2 rings (SSSR count). The molecule has 0 unspecified atom stereocenters. The van der Waals surface area contributed by atoms with Gasteiger partial charge in [-0.15, -0.1) is 0 Å². The third-order valence-corrected chi connectivity index (χ3v) is 2.88. The van der Waals surface area contributed by atoms with Crippen molar-refractivity contribution in [1.29, 1.82) is 0 Å². The van der Waals surface area contributed by atoms with E-state index < -0.39 is 0 Å². The van der Waals surface area contributed by atoms with Gasteiger partial charge in [0.1, 0.15) is 0 Å². The van der Waals surface area contributed by atoms with Gasteiger partial charge in [-0.2, -0.15) is 0 Å². The Hall–Kier alpha value is -3.22. The van der Waals surface area contributed by atoms with Crippen molar-refractivity contribution in [2.45, 2.75) is 13.8 Å². The molecule has 0 saturated heterocycles. The molecule has 120 valence electrons. The molecule has 23 heavy (non-hydrogen) atoms. The number of benzene rings is 2. The van der Waals surface area contributed by atoms with Crippen molar-refractivity contribution in [3.63, 3.8) is 0 Å². The van der Waals surface area contributed by atoms with Gasteiger partial charge in [0.25, 0.3) is 0 Å². The van der Waals surface area contributed by atoms with Crippen LogP contribution in [0, 0.1) is 0 Å². The Kier molecular flexibility index (Phi) is 4.70. The maximum atomic E-state index is 11.0. The number of ether oxygens (including phenoxy) is 1. The highest BCUT2D eigenvalue weighted by Gasteiger charge is 2.08. The van der Waals surface area contributed by atoms with E-state index in [1.807, 2.05) is 0 Å². The van der Waals surface area contributed by atoms with Crippen molar-refractivity contribution in [1.82, 2.24) is 0 Å². The van der Waals surface area contributed by atoms with E-state index in [1.54, 1.807) is 36.4 Å². The van der Waals surface area contributed by atoms with Gasteiger partial charge in [0.2, 0.25) is 11.8 Å². The first-order valence-corrected chi connectivity index (χ1v) is 6.87. The molecule has 0 aliphatic carbocycles. The molecule has 7 heteroatoms. The molecule has 2 amide bonds. The van der Waals surface area contributed by atoms with E-state index in [2.05, 4.69) is 10.6 Å². The number of hydrogen-bond acceptors (Lipinski definition) is 5. The number of carbonyl (C=O) groups excluding carboxylic acids is 2. The molecule has 0 aliphatic heterocycles. The lowest BCUT2D eigenvalue weighted by Gasteiger charge is -2.13. The van der Waals surface area contributed by atoms with Crippen LogP contribution in [0.3, 0.4) is 0 Å². The standard InChI is InChI=1S/C16H18N4O3/c1-9(21)19-11-3-5-15(13(17)7-11)23-16-6-4-12(8-14(16)18)20-10(2)22/h3-8H,17-18H2,1-2H3,(H,19,21)(H,20,22). The van der Waals surface area contributed by atoms with Crippen LogP contribution in [0.2, 0.25) is 0 Å². The SMILES string of the molecule is CC(=O)Nc1ccc(Oc2ccc(NC(C)=O)cc2N)c(N)c1. The number of hydrogen-bond donors (Lipinski definition) is 4. The molecule has 0 aliphatic rings. The zero-order chi connectivity index (χ0) is 17.0. The lowest BCUT2D eigenvalue weighted by Crippen LogP contribution is -2.07. The van der Waals surface area contributed by atoms with Gasteiger partial charge < -0.3 is 26.8 Å². The molecule has 0 aromatic heterocycles. The summed E-state index contributed by atoms with van der Waals surface area (Å²) in [6.45, 7) is 2.83. The molecule has 0 radical (unpaired) electrons. The topological polar surface area (TPSA) is 119 Å². The third-order valence-electron chi connectivity index (χ3n) is 2.88. The Bertz CT molecular complexity index is 695. The summed E-state index contributed by atoms with van der Waals surface area (Å²) in [5.74, 6) is 0.461. The van der Waals surface area contributed by atoms with Gasteiger partial charge in [0, 0.05) is 25.2 Å². The number of nitrogens with two attached hydrogens (primary N) is 2. The van der Waals surface area contributed by atoms with Crippen LogP contribution in [0.5, 0.6) is 11.5 Å². The highest BCUT2D eigenvalue weighted by Crippen LogP contribution is 2.34. The van der Waals surface area contributed by atoms with Crippen LogP contribution in [0.1, 0.15) is 13.8 Å². The number of rotatable bonds is 4. The number of nitrogen functional groups attached to an aromatic ring is 2. The van der Waals surface area contributed by atoms with Crippen LogP contribution in [-0.4, -0.2) is 11.8 Å². The fourth-order valence-corrected chi connectivity index (χ4v) is 1.96. The Morgan fingerprint density at radius 1 is 0.826 bits per heavy atom. The number of amides is 2.